The maximum Gasteiger partial charge on any atom is 0.226 e. The van der Waals surface area contributed by atoms with Crippen LogP contribution >= 0.6 is 0 Å². The van der Waals surface area contributed by atoms with Crippen molar-refractivity contribution in [1.82, 2.24) is 15.5 Å². The quantitative estimate of drug-likeness (QED) is 0.846. The molecule has 0 saturated heterocycles. The van der Waals surface area contributed by atoms with Crippen molar-refractivity contribution in [3.8, 4) is 5.75 Å². The number of aromatic nitrogens is 2. The lowest BCUT2D eigenvalue weighted by Gasteiger charge is -2.23. The second kappa shape index (κ2) is 6.05. The Hall–Kier alpha value is -1.88. The molecule has 0 radical (unpaired) electrons. The first-order chi connectivity index (χ1) is 9.88. The van der Waals surface area contributed by atoms with E-state index in [1.165, 1.54) is 0 Å². The first-order valence-corrected chi connectivity index (χ1v) is 7.07. The van der Waals surface area contributed by atoms with E-state index in [0.29, 0.717) is 6.61 Å². The standard InChI is InChI=1S/C15H19N3O2/c1-16-9-4-7-14-17-15(18-20-14)12-8-10-19-13-6-3-2-5-11(12)13/h2-3,5-6,12,16H,4,7-10H2,1H3. The highest BCUT2D eigenvalue weighted by Crippen LogP contribution is 2.36. The van der Waals surface area contributed by atoms with Gasteiger partial charge in [-0.15, -0.1) is 0 Å². The molecule has 1 unspecified atom stereocenters. The molecule has 106 valence electrons. The smallest absolute Gasteiger partial charge is 0.226 e. The van der Waals surface area contributed by atoms with Gasteiger partial charge in [-0.3, -0.25) is 0 Å². The van der Waals surface area contributed by atoms with Crippen LogP contribution in [0.2, 0.25) is 0 Å². The highest BCUT2D eigenvalue weighted by molar-refractivity contribution is 5.40. The van der Waals surface area contributed by atoms with E-state index in [9.17, 15) is 0 Å². The van der Waals surface area contributed by atoms with Gasteiger partial charge < -0.3 is 14.6 Å². The first kappa shape index (κ1) is 13.1. The van der Waals surface area contributed by atoms with Gasteiger partial charge in [0, 0.05) is 12.0 Å². The van der Waals surface area contributed by atoms with Gasteiger partial charge in [-0.25, -0.2) is 0 Å². The molecule has 20 heavy (non-hydrogen) atoms. The minimum Gasteiger partial charge on any atom is -0.493 e. The van der Waals surface area contributed by atoms with Crippen molar-refractivity contribution in [2.24, 2.45) is 0 Å². The van der Waals surface area contributed by atoms with E-state index in [-0.39, 0.29) is 5.92 Å². The molecule has 2 aromatic rings. The van der Waals surface area contributed by atoms with Gasteiger partial charge in [0.05, 0.1) is 12.5 Å². The van der Waals surface area contributed by atoms with Crippen molar-refractivity contribution in [3.05, 3.63) is 41.5 Å². The molecule has 1 atom stereocenters. The zero-order valence-electron chi connectivity index (χ0n) is 11.6. The number of benzene rings is 1. The molecular weight excluding hydrogens is 254 g/mol. The Morgan fingerprint density at radius 1 is 1.35 bits per heavy atom. The van der Waals surface area contributed by atoms with Crippen LogP contribution in [0.5, 0.6) is 5.75 Å². The van der Waals surface area contributed by atoms with Crippen LogP contribution in [0, 0.1) is 0 Å². The van der Waals surface area contributed by atoms with Gasteiger partial charge in [0.15, 0.2) is 5.82 Å². The predicted molar refractivity (Wildman–Crippen MR) is 74.9 cm³/mol. The molecule has 3 rings (SSSR count). The van der Waals surface area contributed by atoms with E-state index in [0.717, 1.165) is 48.8 Å². The zero-order chi connectivity index (χ0) is 13.8. The number of nitrogens with one attached hydrogen (secondary N) is 1. The summed E-state index contributed by atoms with van der Waals surface area (Å²) in [7, 11) is 1.94. The van der Waals surface area contributed by atoms with Crippen LogP contribution < -0.4 is 10.1 Å². The van der Waals surface area contributed by atoms with E-state index in [1.807, 2.05) is 25.2 Å². The van der Waals surface area contributed by atoms with Crippen LogP contribution in [0.1, 0.15) is 36.0 Å². The van der Waals surface area contributed by atoms with Gasteiger partial charge in [0.25, 0.3) is 0 Å². The van der Waals surface area contributed by atoms with Gasteiger partial charge in [-0.1, -0.05) is 23.4 Å². The van der Waals surface area contributed by atoms with Gasteiger partial charge in [-0.2, -0.15) is 4.98 Å². The van der Waals surface area contributed by atoms with Gasteiger partial charge in [0.1, 0.15) is 5.75 Å². The fraction of sp³-hybridized carbons (Fsp3) is 0.467. The number of rotatable bonds is 5. The predicted octanol–water partition coefficient (Wildman–Crippen LogP) is 2.14. The number of fused-ring (bicyclic) bond motifs is 1. The minimum atomic E-state index is 0.182. The lowest BCUT2D eigenvalue weighted by Crippen LogP contribution is -2.16. The molecule has 0 fully saturated rings. The molecule has 5 nitrogen and oxygen atoms in total. The molecule has 1 aromatic carbocycles. The summed E-state index contributed by atoms with van der Waals surface area (Å²) in [6, 6.07) is 8.08. The van der Waals surface area contributed by atoms with E-state index in [2.05, 4.69) is 21.5 Å². The van der Waals surface area contributed by atoms with E-state index in [1.54, 1.807) is 0 Å². The fourth-order valence-corrected chi connectivity index (χ4v) is 2.54. The van der Waals surface area contributed by atoms with Gasteiger partial charge in [-0.05, 0) is 32.5 Å². The minimum absolute atomic E-state index is 0.182. The summed E-state index contributed by atoms with van der Waals surface area (Å²) in [6.45, 7) is 1.66. The summed E-state index contributed by atoms with van der Waals surface area (Å²) in [4.78, 5) is 4.54. The van der Waals surface area contributed by atoms with Crippen molar-refractivity contribution >= 4 is 0 Å². The highest BCUT2D eigenvalue weighted by atomic mass is 16.5. The van der Waals surface area contributed by atoms with Crippen molar-refractivity contribution in [3.63, 3.8) is 0 Å². The largest absolute Gasteiger partial charge is 0.493 e. The Labute approximate surface area is 118 Å². The van der Waals surface area contributed by atoms with Crippen LogP contribution in [0.3, 0.4) is 0 Å². The summed E-state index contributed by atoms with van der Waals surface area (Å²) >= 11 is 0. The van der Waals surface area contributed by atoms with Crippen LogP contribution in [0.15, 0.2) is 28.8 Å². The molecule has 5 heteroatoms. The summed E-state index contributed by atoms with van der Waals surface area (Å²) in [5.74, 6) is 2.62. The maximum absolute atomic E-state index is 5.67. The molecule has 2 heterocycles. The molecular formula is C15H19N3O2. The lowest BCUT2D eigenvalue weighted by atomic mass is 9.92. The molecule has 0 amide bonds. The zero-order valence-corrected chi connectivity index (χ0v) is 11.6. The van der Waals surface area contributed by atoms with Crippen LogP contribution in [-0.4, -0.2) is 30.3 Å². The average molecular weight is 273 g/mol. The second-order valence-electron chi connectivity index (χ2n) is 4.98. The van der Waals surface area contributed by atoms with Crippen molar-refractivity contribution in [2.45, 2.75) is 25.2 Å². The third-order valence-corrected chi connectivity index (χ3v) is 3.57. The summed E-state index contributed by atoms with van der Waals surface area (Å²) in [5.41, 5.74) is 1.15. The van der Waals surface area contributed by atoms with Crippen molar-refractivity contribution in [1.29, 1.82) is 0 Å². The summed E-state index contributed by atoms with van der Waals surface area (Å²) in [6.07, 6.45) is 2.72. The Morgan fingerprint density at radius 3 is 3.15 bits per heavy atom. The topological polar surface area (TPSA) is 60.2 Å². The number of ether oxygens (including phenoxy) is 1. The molecule has 0 saturated carbocycles. The molecule has 0 bridgehead atoms. The molecule has 0 spiro atoms. The van der Waals surface area contributed by atoms with E-state index in [4.69, 9.17) is 9.26 Å². The fourth-order valence-electron chi connectivity index (χ4n) is 2.54. The number of aryl methyl sites for hydroxylation is 1. The van der Waals surface area contributed by atoms with E-state index >= 15 is 0 Å². The molecule has 1 aliphatic rings. The molecule has 0 aliphatic carbocycles. The molecule has 1 N–H and O–H groups in total. The number of hydrogen-bond donors (Lipinski definition) is 1. The van der Waals surface area contributed by atoms with Gasteiger partial charge in [0.2, 0.25) is 5.89 Å². The molecule has 1 aliphatic heterocycles. The monoisotopic (exact) mass is 273 g/mol. The van der Waals surface area contributed by atoms with Crippen LogP contribution in [0.25, 0.3) is 0 Å². The Balaban J connectivity index is 1.77. The molecule has 1 aromatic heterocycles. The first-order valence-electron chi connectivity index (χ1n) is 7.07. The summed E-state index contributed by atoms with van der Waals surface area (Å²) < 4.78 is 11.0. The summed E-state index contributed by atoms with van der Waals surface area (Å²) in [5, 5.41) is 7.27. The Morgan fingerprint density at radius 2 is 2.25 bits per heavy atom. The van der Waals surface area contributed by atoms with Crippen LogP contribution in [-0.2, 0) is 6.42 Å². The average Bonchev–Trinajstić information content (AvgIpc) is 2.96. The Bertz CT molecular complexity index is 568. The number of hydrogen-bond acceptors (Lipinski definition) is 5. The number of nitrogens with zero attached hydrogens (tertiary/aromatic N) is 2. The maximum atomic E-state index is 5.67. The second-order valence-corrected chi connectivity index (χ2v) is 4.98. The van der Waals surface area contributed by atoms with E-state index < -0.39 is 0 Å². The van der Waals surface area contributed by atoms with Crippen molar-refractivity contribution in [2.75, 3.05) is 20.2 Å². The Kier molecular flexibility index (Phi) is 3.97. The van der Waals surface area contributed by atoms with Gasteiger partial charge >= 0.3 is 0 Å². The van der Waals surface area contributed by atoms with Crippen molar-refractivity contribution < 1.29 is 9.26 Å². The third kappa shape index (κ3) is 2.67. The number of para-hydroxylation sites is 1. The van der Waals surface area contributed by atoms with Crippen LogP contribution in [0.4, 0.5) is 0 Å². The highest BCUT2D eigenvalue weighted by Gasteiger charge is 2.26. The third-order valence-electron chi connectivity index (χ3n) is 3.57. The lowest BCUT2D eigenvalue weighted by molar-refractivity contribution is 0.272. The normalized spacial score (nSPS) is 17.6. The SMILES string of the molecule is CNCCCc1nc(C2CCOc3ccccc32)no1.